The molecule has 7 heteroatoms. The van der Waals surface area contributed by atoms with Crippen LogP contribution in [0.2, 0.25) is 0 Å². The van der Waals surface area contributed by atoms with E-state index < -0.39 is 9.84 Å². The Kier molecular flexibility index (Phi) is 5.20. The summed E-state index contributed by atoms with van der Waals surface area (Å²) in [5.41, 5.74) is 0.525. The summed E-state index contributed by atoms with van der Waals surface area (Å²) >= 11 is 1.29. The lowest BCUT2D eigenvalue weighted by Crippen LogP contribution is -2.14. The lowest BCUT2D eigenvalue weighted by atomic mass is 10.3. The summed E-state index contributed by atoms with van der Waals surface area (Å²) in [5.74, 6) is -0.361. The van der Waals surface area contributed by atoms with Gasteiger partial charge in [0, 0.05) is 16.8 Å². The molecule has 116 valence electrons. The normalized spacial score (nSPS) is 11.2. The summed E-state index contributed by atoms with van der Waals surface area (Å²) in [5, 5.41) is 2.67. The Morgan fingerprint density at radius 2 is 1.68 bits per heavy atom. The van der Waals surface area contributed by atoms with Crippen LogP contribution < -0.4 is 5.32 Å². The van der Waals surface area contributed by atoms with Crippen molar-refractivity contribution >= 4 is 33.2 Å². The van der Waals surface area contributed by atoms with Crippen molar-refractivity contribution in [3.8, 4) is 0 Å². The van der Waals surface area contributed by atoms with Gasteiger partial charge in [0.1, 0.15) is 5.82 Å². The van der Waals surface area contributed by atoms with E-state index in [2.05, 4.69) is 5.32 Å². The summed E-state index contributed by atoms with van der Waals surface area (Å²) in [6.07, 6.45) is 1.12. The first kappa shape index (κ1) is 16.5. The van der Waals surface area contributed by atoms with Gasteiger partial charge >= 0.3 is 0 Å². The van der Waals surface area contributed by atoms with Crippen LogP contribution in [0.3, 0.4) is 0 Å². The molecule has 0 radical (unpaired) electrons. The lowest BCUT2D eigenvalue weighted by Gasteiger charge is -2.06. The lowest BCUT2D eigenvalue weighted by molar-refractivity contribution is -0.113. The van der Waals surface area contributed by atoms with E-state index in [1.165, 1.54) is 48.2 Å². The second-order valence-corrected chi connectivity index (χ2v) is 7.65. The molecule has 0 atom stereocenters. The van der Waals surface area contributed by atoms with Gasteiger partial charge in [-0.15, -0.1) is 11.8 Å². The molecule has 0 aliphatic rings. The van der Waals surface area contributed by atoms with Gasteiger partial charge in [0.2, 0.25) is 5.91 Å². The number of anilines is 1. The number of halogens is 1. The van der Waals surface area contributed by atoms with Crippen LogP contribution in [0, 0.1) is 5.82 Å². The fraction of sp³-hybridized carbons (Fsp3) is 0.133. The number of rotatable bonds is 5. The molecule has 0 saturated carbocycles. The highest BCUT2D eigenvalue weighted by Crippen LogP contribution is 2.19. The van der Waals surface area contributed by atoms with Gasteiger partial charge in [0.15, 0.2) is 9.84 Å². The maximum absolute atomic E-state index is 12.8. The predicted molar refractivity (Wildman–Crippen MR) is 85.3 cm³/mol. The predicted octanol–water partition coefficient (Wildman–Crippen LogP) is 2.96. The van der Waals surface area contributed by atoms with E-state index in [9.17, 15) is 17.6 Å². The molecule has 1 N–H and O–H groups in total. The summed E-state index contributed by atoms with van der Waals surface area (Å²) in [6.45, 7) is 0. The summed E-state index contributed by atoms with van der Waals surface area (Å²) in [4.78, 5) is 12.8. The second-order valence-electron chi connectivity index (χ2n) is 4.59. The number of carbonyl (C=O) groups excluding carboxylic acids is 1. The molecular formula is C15H14FNO3S2. The monoisotopic (exact) mass is 339 g/mol. The van der Waals surface area contributed by atoms with Crippen molar-refractivity contribution in [2.45, 2.75) is 9.79 Å². The minimum absolute atomic E-state index is 0.180. The fourth-order valence-corrected chi connectivity index (χ4v) is 2.99. The summed E-state index contributed by atoms with van der Waals surface area (Å²) in [7, 11) is -3.25. The first-order valence-electron chi connectivity index (χ1n) is 6.33. The van der Waals surface area contributed by atoms with Crippen LogP contribution in [-0.4, -0.2) is 26.3 Å². The SMILES string of the molecule is CS(=O)(=O)c1ccc(NC(=O)CSc2ccc(F)cc2)cc1. The van der Waals surface area contributed by atoms with Gasteiger partial charge in [-0.05, 0) is 48.5 Å². The number of hydrogen-bond acceptors (Lipinski definition) is 4. The van der Waals surface area contributed by atoms with Crippen molar-refractivity contribution in [3.05, 3.63) is 54.3 Å². The van der Waals surface area contributed by atoms with Gasteiger partial charge in [-0.3, -0.25) is 4.79 Å². The Bertz CT molecular complexity index is 756. The Labute approximate surface area is 132 Å². The van der Waals surface area contributed by atoms with E-state index in [-0.39, 0.29) is 22.4 Å². The number of thioether (sulfide) groups is 1. The number of hydrogen-bond donors (Lipinski definition) is 1. The molecule has 2 rings (SSSR count). The second kappa shape index (κ2) is 6.93. The van der Waals surface area contributed by atoms with E-state index >= 15 is 0 Å². The van der Waals surface area contributed by atoms with Crippen molar-refractivity contribution in [2.24, 2.45) is 0 Å². The van der Waals surface area contributed by atoms with Gasteiger partial charge in [-0.2, -0.15) is 0 Å². The molecule has 0 spiro atoms. The molecule has 22 heavy (non-hydrogen) atoms. The Balaban J connectivity index is 1.90. The van der Waals surface area contributed by atoms with Crippen molar-refractivity contribution < 1.29 is 17.6 Å². The van der Waals surface area contributed by atoms with Gasteiger partial charge < -0.3 is 5.32 Å². The molecule has 4 nitrogen and oxygen atoms in total. The summed E-state index contributed by atoms with van der Waals surface area (Å²) in [6, 6.07) is 11.8. The number of amides is 1. The van der Waals surface area contributed by atoms with Crippen LogP contribution in [0.15, 0.2) is 58.3 Å². The van der Waals surface area contributed by atoms with E-state index in [0.717, 1.165) is 11.2 Å². The molecule has 0 aliphatic carbocycles. The molecule has 0 heterocycles. The highest BCUT2D eigenvalue weighted by atomic mass is 32.2. The third-order valence-corrected chi connectivity index (χ3v) is 4.89. The van der Waals surface area contributed by atoms with Crippen molar-refractivity contribution in [1.82, 2.24) is 0 Å². The maximum atomic E-state index is 12.8. The zero-order valence-corrected chi connectivity index (χ0v) is 13.4. The molecule has 0 unspecified atom stereocenters. The van der Waals surface area contributed by atoms with Gasteiger partial charge in [0.05, 0.1) is 10.6 Å². The summed E-state index contributed by atoms with van der Waals surface area (Å²) < 4.78 is 35.4. The highest BCUT2D eigenvalue weighted by Gasteiger charge is 2.08. The van der Waals surface area contributed by atoms with Crippen molar-refractivity contribution in [1.29, 1.82) is 0 Å². The molecular weight excluding hydrogens is 325 g/mol. The maximum Gasteiger partial charge on any atom is 0.234 e. The average Bonchev–Trinajstić information content (AvgIpc) is 2.46. The standard InChI is InChI=1S/C15H14FNO3S2/c1-22(19,20)14-8-4-12(5-9-14)17-15(18)10-21-13-6-2-11(16)3-7-13/h2-9H,10H2,1H3,(H,17,18). The quantitative estimate of drug-likeness (QED) is 0.851. The Morgan fingerprint density at radius 1 is 1.09 bits per heavy atom. The number of nitrogens with one attached hydrogen (secondary N) is 1. The number of sulfone groups is 1. The van der Waals surface area contributed by atoms with E-state index in [0.29, 0.717) is 5.69 Å². The van der Waals surface area contributed by atoms with Gasteiger partial charge in [0.25, 0.3) is 0 Å². The molecule has 0 fully saturated rings. The fourth-order valence-electron chi connectivity index (χ4n) is 1.66. The molecule has 0 saturated heterocycles. The molecule has 2 aromatic rings. The molecule has 0 aromatic heterocycles. The van der Waals surface area contributed by atoms with Crippen LogP contribution in [-0.2, 0) is 14.6 Å². The van der Waals surface area contributed by atoms with Crippen molar-refractivity contribution in [2.75, 3.05) is 17.3 Å². The first-order chi connectivity index (χ1) is 10.3. The highest BCUT2D eigenvalue weighted by molar-refractivity contribution is 8.00. The molecule has 1 amide bonds. The van der Waals surface area contributed by atoms with Gasteiger partial charge in [-0.1, -0.05) is 0 Å². The van der Waals surface area contributed by atoms with Crippen LogP contribution in [0.1, 0.15) is 0 Å². The van der Waals surface area contributed by atoms with E-state index in [1.807, 2.05) is 0 Å². The number of benzene rings is 2. The van der Waals surface area contributed by atoms with E-state index in [4.69, 9.17) is 0 Å². The smallest absolute Gasteiger partial charge is 0.234 e. The average molecular weight is 339 g/mol. The zero-order chi connectivity index (χ0) is 16.2. The van der Waals surface area contributed by atoms with Crippen molar-refractivity contribution in [3.63, 3.8) is 0 Å². The topological polar surface area (TPSA) is 63.2 Å². The van der Waals surface area contributed by atoms with Gasteiger partial charge in [-0.25, -0.2) is 12.8 Å². The van der Waals surface area contributed by atoms with Crippen LogP contribution in [0.5, 0.6) is 0 Å². The minimum atomic E-state index is -3.25. The van der Waals surface area contributed by atoms with E-state index in [1.54, 1.807) is 12.1 Å². The Hall–Kier alpha value is -1.86. The van der Waals surface area contributed by atoms with Crippen LogP contribution in [0.4, 0.5) is 10.1 Å². The van der Waals surface area contributed by atoms with Crippen LogP contribution >= 0.6 is 11.8 Å². The molecule has 2 aromatic carbocycles. The largest absolute Gasteiger partial charge is 0.325 e. The molecule has 0 aliphatic heterocycles. The van der Waals surface area contributed by atoms with Crippen LogP contribution in [0.25, 0.3) is 0 Å². The molecule has 0 bridgehead atoms. The Morgan fingerprint density at radius 3 is 2.23 bits per heavy atom. The third kappa shape index (κ3) is 4.85. The third-order valence-electron chi connectivity index (χ3n) is 2.75. The number of carbonyl (C=O) groups is 1. The first-order valence-corrected chi connectivity index (χ1v) is 9.20. The zero-order valence-electron chi connectivity index (χ0n) is 11.7. The minimum Gasteiger partial charge on any atom is -0.325 e.